The fourth-order valence-electron chi connectivity index (χ4n) is 3.71. The summed E-state index contributed by atoms with van der Waals surface area (Å²) in [6.07, 6.45) is 0.972. The first-order valence-electron chi connectivity index (χ1n) is 10.5. The molecule has 1 heterocycles. The number of pyridine rings is 1. The fraction of sp³-hybridized carbons (Fsp3) is 0.208. The number of nitrogens with one attached hydrogen (secondary N) is 1. The van der Waals surface area contributed by atoms with Crippen molar-refractivity contribution in [2.45, 2.75) is 23.6 Å². The molecule has 1 aromatic heterocycles. The van der Waals surface area contributed by atoms with Crippen LogP contribution in [-0.2, 0) is 29.3 Å². The Bertz CT molecular complexity index is 1590. The van der Waals surface area contributed by atoms with Crippen LogP contribution in [0.1, 0.15) is 32.1 Å². The number of sulfonamides is 1. The van der Waals surface area contributed by atoms with Crippen molar-refractivity contribution in [1.82, 2.24) is 4.98 Å². The van der Waals surface area contributed by atoms with Crippen molar-refractivity contribution in [3.63, 3.8) is 0 Å². The number of methoxy groups -OCH3 is 2. The van der Waals surface area contributed by atoms with Gasteiger partial charge in [0.1, 0.15) is 4.90 Å². The quantitative estimate of drug-likeness (QED) is 0.393. The molecule has 0 saturated heterocycles. The molecule has 2 aromatic carbocycles. The molecule has 3 aromatic rings. The van der Waals surface area contributed by atoms with Crippen LogP contribution in [0.2, 0.25) is 0 Å². The molecule has 1 N–H and O–H groups in total. The minimum absolute atomic E-state index is 0.0251. The minimum atomic E-state index is -4.26. The van der Waals surface area contributed by atoms with Crippen molar-refractivity contribution in [1.29, 1.82) is 0 Å². The first kappa shape index (κ1) is 28.3. The largest absolute Gasteiger partial charge is 0.465 e. The van der Waals surface area contributed by atoms with E-state index in [2.05, 4.69) is 25.6 Å². The first-order valence-corrected chi connectivity index (χ1v) is 14.7. The molecular weight excluding hydrogens is 588 g/mol. The van der Waals surface area contributed by atoms with Gasteiger partial charge in [0.15, 0.2) is 9.84 Å². The lowest BCUT2D eigenvalue weighted by atomic mass is 9.92. The molecule has 0 unspecified atom stereocenters. The van der Waals surface area contributed by atoms with E-state index in [0.717, 1.165) is 12.3 Å². The highest BCUT2D eigenvalue weighted by atomic mass is 79.9. The zero-order chi connectivity index (χ0) is 27.7. The predicted molar refractivity (Wildman–Crippen MR) is 140 cm³/mol. The Labute approximate surface area is 223 Å². The van der Waals surface area contributed by atoms with Crippen molar-refractivity contribution in [2.75, 3.05) is 25.2 Å². The summed E-state index contributed by atoms with van der Waals surface area (Å²) in [5.41, 5.74) is 1.24. The third-order valence-electron chi connectivity index (χ3n) is 5.36. The number of carbonyl (C=O) groups excluding carboxylic acids is 2. The molecule has 0 atom stereocenters. The molecule has 0 bridgehead atoms. The van der Waals surface area contributed by atoms with E-state index in [-0.39, 0.29) is 36.6 Å². The number of hydrogen-bond acceptors (Lipinski definition) is 9. The van der Waals surface area contributed by atoms with E-state index < -0.39 is 31.8 Å². The van der Waals surface area contributed by atoms with Crippen molar-refractivity contribution in [3.05, 3.63) is 69.5 Å². The second-order valence-corrected chi connectivity index (χ2v) is 12.5. The van der Waals surface area contributed by atoms with Gasteiger partial charge < -0.3 is 9.47 Å². The number of hydrogen-bond donors (Lipinski definition) is 1. The Hall–Kier alpha value is -3.29. The maximum Gasteiger partial charge on any atom is 0.340 e. The number of aryl methyl sites for hydroxylation is 2. The number of rotatable bonds is 7. The molecule has 37 heavy (non-hydrogen) atoms. The van der Waals surface area contributed by atoms with Crippen molar-refractivity contribution in [3.8, 4) is 11.1 Å². The SMILES string of the molecule is COC(=O)c1c(C)nc(C)c(C(=O)OC)c1-c1cccc(NS(=O)(=O)c2cc(S(C)(=O)=O)ccc2Br)c1. The number of ether oxygens (including phenoxy) is 2. The van der Waals surface area contributed by atoms with Crippen LogP contribution >= 0.6 is 15.9 Å². The molecule has 0 aliphatic rings. The average molecular weight is 611 g/mol. The van der Waals surface area contributed by atoms with Crippen LogP contribution in [0.25, 0.3) is 11.1 Å². The van der Waals surface area contributed by atoms with Crippen LogP contribution in [-0.4, -0.2) is 54.2 Å². The zero-order valence-corrected chi connectivity index (χ0v) is 23.7. The van der Waals surface area contributed by atoms with Gasteiger partial charge in [0.25, 0.3) is 10.0 Å². The van der Waals surface area contributed by atoms with Gasteiger partial charge >= 0.3 is 11.9 Å². The van der Waals surface area contributed by atoms with Crippen LogP contribution in [0.4, 0.5) is 5.69 Å². The monoisotopic (exact) mass is 610 g/mol. The maximum absolute atomic E-state index is 13.2. The molecule has 0 fully saturated rings. The summed E-state index contributed by atoms with van der Waals surface area (Å²) in [6.45, 7) is 3.17. The highest BCUT2D eigenvalue weighted by Gasteiger charge is 2.28. The van der Waals surface area contributed by atoms with E-state index in [1.807, 2.05) is 0 Å². The van der Waals surface area contributed by atoms with Crippen molar-refractivity contribution >= 4 is 53.4 Å². The Morgan fingerprint density at radius 2 is 1.46 bits per heavy atom. The van der Waals surface area contributed by atoms with Gasteiger partial charge in [0.05, 0.1) is 41.6 Å². The molecule has 0 amide bonds. The number of anilines is 1. The van der Waals surface area contributed by atoms with Gasteiger partial charge in [-0.15, -0.1) is 0 Å². The van der Waals surface area contributed by atoms with Crippen LogP contribution < -0.4 is 4.72 Å². The highest BCUT2D eigenvalue weighted by Crippen LogP contribution is 2.34. The van der Waals surface area contributed by atoms with Crippen molar-refractivity contribution < 1.29 is 35.9 Å². The number of aromatic nitrogens is 1. The summed E-state index contributed by atoms with van der Waals surface area (Å²) < 4.78 is 62.7. The smallest absolute Gasteiger partial charge is 0.340 e. The number of esters is 2. The third-order valence-corrected chi connectivity index (χ3v) is 8.85. The van der Waals surface area contributed by atoms with Gasteiger partial charge in [-0.1, -0.05) is 12.1 Å². The van der Waals surface area contributed by atoms with Crippen molar-refractivity contribution in [2.24, 2.45) is 0 Å². The summed E-state index contributed by atoms with van der Waals surface area (Å²) in [5.74, 6) is -1.48. The van der Waals surface area contributed by atoms with Gasteiger partial charge in [-0.2, -0.15) is 0 Å². The van der Waals surface area contributed by atoms with Gasteiger partial charge in [0.2, 0.25) is 0 Å². The van der Waals surface area contributed by atoms with Gasteiger partial charge in [-0.05, 0) is 65.7 Å². The molecule has 0 saturated carbocycles. The molecule has 3 rings (SSSR count). The normalized spacial score (nSPS) is 11.6. The van der Waals surface area contributed by atoms with E-state index in [1.165, 1.54) is 44.6 Å². The number of sulfone groups is 1. The number of halogens is 1. The number of carbonyl (C=O) groups is 2. The number of benzene rings is 2. The maximum atomic E-state index is 13.2. The Kier molecular flexibility index (Phi) is 8.10. The average Bonchev–Trinajstić information content (AvgIpc) is 2.82. The summed E-state index contributed by atoms with van der Waals surface area (Å²) in [7, 11) is -5.54. The van der Waals surface area contributed by atoms with Gasteiger partial charge in [-0.25, -0.2) is 26.4 Å². The van der Waals surface area contributed by atoms with E-state index in [1.54, 1.807) is 19.9 Å². The lowest BCUT2D eigenvalue weighted by Crippen LogP contribution is -2.16. The molecule has 0 radical (unpaired) electrons. The third kappa shape index (κ3) is 5.84. The molecule has 0 aliphatic heterocycles. The summed E-state index contributed by atoms with van der Waals surface area (Å²) in [4.78, 5) is 29.2. The fourth-order valence-corrected chi connectivity index (χ4v) is 6.47. The summed E-state index contributed by atoms with van der Waals surface area (Å²) in [6, 6.07) is 9.68. The lowest BCUT2D eigenvalue weighted by molar-refractivity contribution is 0.0599. The van der Waals surface area contributed by atoms with Crippen LogP contribution in [0.5, 0.6) is 0 Å². The van der Waals surface area contributed by atoms with Crippen LogP contribution in [0.3, 0.4) is 0 Å². The zero-order valence-electron chi connectivity index (χ0n) is 20.4. The second-order valence-electron chi connectivity index (χ2n) is 7.94. The van der Waals surface area contributed by atoms with Crippen LogP contribution in [0, 0.1) is 13.8 Å². The Morgan fingerprint density at radius 1 is 0.892 bits per heavy atom. The molecule has 13 heteroatoms. The Morgan fingerprint density at radius 3 is 1.97 bits per heavy atom. The highest BCUT2D eigenvalue weighted by molar-refractivity contribution is 9.10. The van der Waals surface area contributed by atoms with E-state index in [4.69, 9.17) is 9.47 Å². The molecule has 0 aliphatic carbocycles. The minimum Gasteiger partial charge on any atom is -0.465 e. The summed E-state index contributed by atoms with van der Waals surface area (Å²) in [5, 5.41) is 0. The second kappa shape index (κ2) is 10.6. The molecule has 10 nitrogen and oxygen atoms in total. The lowest BCUT2D eigenvalue weighted by Gasteiger charge is -2.18. The summed E-state index contributed by atoms with van der Waals surface area (Å²) >= 11 is 3.16. The van der Waals surface area contributed by atoms with Gasteiger partial charge in [0, 0.05) is 22.0 Å². The van der Waals surface area contributed by atoms with E-state index in [9.17, 15) is 26.4 Å². The first-order chi connectivity index (χ1) is 17.2. The number of nitrogens with zero attached hydrogens (tertiary/aromatic N) is 1. The van der Waals surface area contributed by atoms with Gasteiger partial charge in [-0.3, -0.25) is 9.71 Å². The Balaban J connectivity index is 2.20. The molecule has 0 spiro atoms. The molecule has 196 valence electrons. The molecular formula is C24H23BrN2O8S2. The van der Waals surface area contributed by atoms with E-state index in [0.29, 0.717) is 17.0 Å². The van der Waals surface area contributed by atoms with Crippen LogP contribution in [0.15, 0.2) is 56.7 Å². The topological polar surface area (TPSA) is 146 Å². The predicted octanol–water partition coefficient (Wildman–Crippen LogP) is 3.91. The van der Waals surface area contributed by atoms with E-state index >= 15 is 0 Å². The standard InChI is InChI=1S/C24H23BrN2O8S2/c1-13-20(23(28)34-3)22(21(14(2)26-13)24(29)35-4)15-7-6-8-16(11-15)27-37(32,33)19-12-17(36(5,30)31)9-10-18(19)25/h6-12,27H,1-5H3.